The molecule has 0 saturated heterocycles. The molecule has 6 heteroatoms. The molecule has 0 spiro atoms. The van der Waals surface area contributed by atoms with E-state index in [9.17, 15) is 0 Å². The lowest BCUT2D eigenvalue weighted by molar-refractivity contribution is 0.761. The zero-order chi connectivity index (χ0) is 14.8. The van der Waals surface area contributed by atoms with Crippen molar-refractivity contribution in [1.29, 1.82) is 0 Å². The predicted octanol–water partition coefficient (Wildman–Crippen LogP) is 3.33. The van der Waals surface area contributed by atoms with Gasteiger partial charge in [-0.1, -0.05) is 6.92 Å². The van der Waals surface area contributed by atoms with Crippen LogP contribution in [0.25, 0.3) is 10.2 Å². The first-order valence-electron chi connectivity index (χ1n) is 7.16. The van der Waals surface area contributed by atoms with Crippen LogP contribution in [-0.2, 0) is 12.8 Å². The van der Waals surface area contributed by atoms with Gasteiger partial charge in [0.1, 0.15) is 17.0 Å². The Labute approximate surface area is 127 Å². The summed E-state index contributed by atoms with van der Waals surface area (Å²) >= 11 is 1.74. The van der Waals surface area contributed by atoms with Crippen molar-refractivity contribution in [1.82, 2.24) is 20.2 Å². The molecule has 0 aliphatic rings. The number of aromatic amines is 1. The third-order valence-corrected chi connectivity index (χ3v) is 4.57. The lowest BCUT2D eigenvalue weighted by Gasteiger charge is -2.13. The summed E-state index contributed by atoms with van der Waals surface area (Å²) in [7, 11) is 0. The summed E-state index contributed by atoms with van der Waals surface area (Å²) in [6, 6.07) is 4.53. The minimum Gasteiger partial charge on any atom is -0.367 e. The fourth-order valence-electron chi connectivity index (χ4n) is 2.37. The van der Waals surface area contributed by atoms with Crippen LogP contribution < -0.4 is 5.32 Å². The van der Waals surface area contributed by atoms with E-state index in [1.807, 2.05) is 6.92 Å². The zero-order valence-electron chi connectivity index (χ0n) is 12.5. The summed E-state index contributed by atoms with van der Waals surface area (Å²) in [5, 5.41) is 11.9. The molecule has 3 heterocycles. The number of fused-ring (bicyclic) bond motifs is 1. The molecule has 3 aromatic heterocycles. The number of rotatable bonds is 5. The van der Waals surface area contributed by atoms with E-state index in [0.717, 1.165) is 40.3 Å². The second-order valence-corrected chi connectivity index (χ2v) is 6.41. The average molecular weight is 301 g/mol. The fraction of sp³-hybridized carbons (Fsp3) is 0.400. The summed E-state index contributed by atoms with van der Waals surface area (Å²) in [6.45, 7) is 6.32. The van der Waals surface area contributed by atoms with Crippen molar-refractivity contribution in [2.75, 3.05) is 5.32 Å². The first kappa shape index (κ1) is 14.0. The zero-order valence-corrected chi connectivity index (χ0v) is 13.3. The Morgan fingerprint density at radius 3 is 2.90 bits per heavy atom. The molecular formula is C15H19N5S. The van der Waals surface area contributed by atoms with Crippen LogP contribution in [0.4, 0.5) is 5.82 Å². The van der Waals surface area contributed by atoms with Gasteiger partial charge >= 0.3 is 0 Å². The van der Waals surface area contributed by atoms with Gasteiger partial charge in [0, 0.05) is 23.0 Å². The first-order valence-corrected chi connectivity index (χ1v) is 7.98. The molecule has 1 unspecified atom stereocenters. The Morgan fingerprint density at radius 2 is 2.19 bits per heavy atom. The monoisotopic (exact) mass is 301 g/mol. The molecule has 0 aliphatic heterocycles. The predicted molar refractivity (Wildman–Crippen MR) is 86.9 cm³/mol. The van der Waals surface area contributed by atoms with Gasteiger partial charge in [-0.2, -0.15) is 5.10 Å². The summed E-state index contributed by atoms with van der Waals surface area (Å²) < 4.78 is 0. The number of hydrogen-bond donors (Lipinski definition) is 2. The SMILES string of the molecule is CCc1cc2c(NC(C)Cc3cc(C)[nH]n3)ncnc2s1. The Balaban J connectivity index is 1.79. The molecule has 0 aliphatic carbocycles. The van der Waals surface area contributed by atoms with Crippen LogP contribution >= 0.6 is 11.3 Å². The van der Waals surface area contributed by atoms with Crippen LogP contribution in [0.2, 0.25) is 0 Å². The molecule has 1 atom stereocenters. The molecule has 0 bridgehead atoms. The van der Waals surface area contributed by atoms with Crippen LogP contribution in [0.15, 0.2) is 18.5 Å². The van der Waals surface area contributed by atoms with Gasteiger partial charge in [-0.25, -0.2) is 9.97 Å². The van der Waals surface area contributed by atoms with Crippen LogP contribution in [-0.4, -0.2) is 26.2 Å². The van der Waals surface area contributed by atoms with E-state index in [0.29, 0.717) is 0 Å². The number of aromatic nitrogens is 4. The van der Waals surface area contributed by atoms with E-state index in [-0.39, 0.29) is 6.04 Å². The average Bonchev–Trinajstić information content (AvgIpc) is 3.05. The summed E-state index contributed by atoms with van der Waals surface area (Å²) in [6.07, 6.45) is 3.52. The number of nitrogens with one attached hydrogen (secondary N) is 2. The molecule has 5 nitrogen and oxygen atoms in total. The minimum absolute atomic E-state index is 0.260. The second kappa shape index (κ2) is 5.81. The van der Waals surface area contributed by atoms with Gasteiger partial charge in [0.15, 0.2) is 0 Å². The van der Waals surface area contributed by atoms with Crippen molar-refractivity contribution in [3.8, 4) is 0 Å². The second-order valence-electron chi connectivity index (χ2n) is 5.30. The van der Waals surface area contributed by atoms with Crippen molar-refractivity contribution in [3.63, 3.8) is 0 Å². The third-order valence-electron chi connectivity index (χ3n) is 3.39. The van der Waals surface area contributed by atoms with Gasteiger partial charge in [-0.15, -0.1) is 11.3 Å². The van der Waals surface area contributed by atoms with Crippen LogP contribution in [0.5, 0.6) is 0 Å². The maximum Gasteiger partial charge on any atom is 0.138 e. The van der Waals surface area contributed by atoms with E-state index >= 15 is 0 Å². The van der Waals surface area contributed by atoms with E-state index in [1.165, 1.54) is 4.88 Å². The molecule has 0 fully saturated rings. The number of nitrogens with zero attached hydrogens (tertiary/aromatic N) is 3. The Kier molecular flexibility index (Phi) is 3.88. The van der Waals surface area contributed by atoms with Gasteiger partial charge in [-0.05, 0) is 32.4 Å². The highest BCUT2D eigenvalue weighted by Gasteiger charge is 2.11. The molecule has 3 rings (SSSR count). The van der Waals surface area contributed by atoms with E-state index < -0.39 is 0 Å². The van der Waals surface area contributed by atoms with Crippen molar-refractivity contribution >= 4 is 27.4 Å². The smallest absolute Gasteiger partial charge is 0.138 e. The maximum absolute atomic E-state index is 4.40. The molecular weight excluding hydrogens is 282 g/mol. The van der Waals surface area contributed by atoms with E-state index in [1.54, 1.807) is 17.7 Å². The van der Waals surface area contributed by atoms with Crippen molar-refractivity contribution in [2.24, 2.45) is 0 Å². The molecule has 0 saturated carbocycles. The summed E-state index contributed by atoms with van der Waals surface area (Å²) in [4.78, 5) is 11.1. The van der Waals surface area contributed by atoms with E-state index in [4.69, 9.17) is 0 Å². The largest absolute Gasteiger partial charge is 0.367 e. The highest BCUT2D eigenvalue weighted by atomic mass is 32.1. The number of hydrogen-bond acceptors (Lipinski definition) is 5. The van der Waals surface area contributed by atoms with E-state index in [2.05, 4.69) is 51.5 Å². The lowest BCUT2D eigenvalue weighted by Crippen LogP contribution is -2.19. The third kappa shape index (κ3) is 3.05. The highest BCUT2D eigenvalue weighted by molar-refractivity contribution is 7.18. The molecule has 0 radical (unpaired) electrons. The van der Waals surface area contributed by atoms with Gasteiger partial charge in [0.25, 0.3) is 0 Å². The van der Waals surface area contributed by atoms with Crippen molar-refractivity contribution in [2.45, 2.75) is 39.7 Å². The van der Waals surface area contributed by atoms with Crippen LogP contribution in [0, 0.1) is 6.92 Å². The summed E-state index contributed by atoms with van der Waals surface area (Å²) in [5.74, 6) is 0.913. The van der Waals surface area contributed by atoms with Crippen LogP contribution in [0.3, 0.4) is 0 Å². The number of aryl methyl sites for hydroxylation is 2. The molecule has 3 aromatic rings. The first-order chi connectivity index (χ1) is 10.2. The quantitative estimate of drug-likeness (QED) is 0.758. The molecule has 0 amide bonds. The Bertz CT molecular complexity index is 745. The summed E-state index contributed by atoms with van der Waals surface area (Å²) in [5.41, 5.74) is 2.16. The standard InChI is InChI=1S/C15H19N5S/c1-4-12-7-13-14(16-8-17-15(13)21-12)18-9(2)5-11-6-10(3)19-20-11/h6-9H,4-5H2,1-3H3,(H,19,20)(H,16,17,18). The molecule has 0 aromatic carbocycles. The Hall–Kier alpha value is -1.95. The number of thiophene rings is 1. The Morgan fingerprint density at radius 1 is 1.33 bits per heavy atom. The lowest BCUT2D eigenvalue weighted by atomic mass is 10.1. The van der Waals surface area contributed by atoms with Gasteiger partial charge in [0.2, 0.25) is 0 Å². The molecule has 2 N–H and O–H groups in total. The minimum atomic E-state index is 0.260. The molecule has 110 valence electrons. The van der Waals surface area contributed by atoms with Crippen molar-refractivity contribution < 1.29 is 0 Å². The topological polar surface area (TPSA) is 66.5 Å². The molecule has 21 heavy (non-hydrogen) atoms. The van der Waals surface area contributed by atoms with Gasteiger partial charge < -0.3 is 5.32 Å². The maximum atomic E-state index is 4.40. The number of anilines is 1. The fourth-order valence-corrected chi connectivity index (χ4v) is 3.31. The van der Waals surface area contributed by atoms with Crippen molar-refractivity contribution in [3.05, 3.63) is 34.7 Å². The van der Waals surface area contributed by atoms with Gasteiger partial charge in [-0.3, -0.25) is 5.10 Å². The normalized spacial score (nSPS) is 12.7. The van der Waals surface area contributed by atoms with Crippen LogP contribution in [0.1, 0.15) is 30.1 Å². The number of H-pyrrole nitrogens is 1. The highest BCUT2D eigenvalue weighted by Crippen LogP contribution is 2.28. The van der Waals surface area contributed by atoms with Gasteiger partial charge in [0.05, 0.1) is 11.1 Å².